The highest BCUT2D eigenvalue weighted by Crippen LogP contribution is 2.18. The molecular weight excluding hydrogens is 362 g/mol. The lowest BCUT2D eigenvalue weighted by Gasteiger charge is -2.27. The number of esters is 1. The summed E-state index contributed by atoms with van der Waals surface area (Å²) in [5.41, 5.74) is 0.592. The summed E-state index contributed by atoms with van der Waals surface area (Å²) in [5, 5.41) is 0. The van der Waals surface area contributed by atoms with Crippen molar-refractivity contribution in [2.45, 2.75) is 25.9 Å². The molecule has 2 unspecified atom stereocenters. The van der Waals surface area contributed by atoms with Crippen LogP contribution in [0.2, 0.25) is 0 Å². The average molecular weight is 384 g/mol. The standard InChI is InChI=1S/C17H22BrNO4/c1-12(17(21)22-2)10-19(11-15-7-4-8-23-15)16(20)13-5-3-6-14(18)9-13/h3,5-6,9,12,15H,4,7-8,10-11H2,1-2H3. The maximum absolute atomic E-state index is 12.8. The van der Waals surface area contributed by atoms with Gasteiger partial charge in [0.1, 0.15) is 0 Å². The van der Waals surface area contributed by atoms with Crippen LogP contribution in [0.3, 0.4) is 0 Å². The molecule has 1 aliphatic rings. The molecule has 23 heavy (non-hydrogen) atoms. The van der Waals surface area contributed by atoms with E-state index in [0.29, 0.717) is 18.7 Å². The third kappa shape index (κ3) is 5.04. The van der Waals surface area contributed by atoms with Gasteiger partial charge in [0.2, 0.25) is 0 Å². The predicted octanol–water partition coefficient (Wildman–Crippen LogP) is 2.88. The van der Waals surface area contributed by atoms with E-state index in [0.717, 1.165) is 23.9 Å². The lowest BCUT2D eigenvalue weighted by atomic mass is 10.1. The van der Waals surface area contributed by atoms with Crippen molar-refractivity contribution >= 4 is 27.8 Å². The third-order valence-electron chi connectivity index (χ3n) is 3.90. The van der Waals surface area contributed by atoms with Crippen LogP contribution in [0.1, 0.15) is 30.1 Å². The fraction of sp³-hybridized carbons (Fsp3) is 0.529. The van der Waals surface area contributed by atoms with E-state index >= 15 is 0 Å². The largest absolute Gasteiger partial charge is 0.469 e. The van der Waals surface area contributed by atoms with Gasteiger partial charge in [-0.05, 0) is 31.0 Å². The summed E-state index contributed by atoms with van der Waals surface area (Å²) < 4.78 is 11.3. The van der Waals surface area contributed by atoms with E-state index < -0.39 is 0 Å². The van der Waals surface area contributed by atoms with Crippen LogP contribution < -0.4 is 0 Å². The molecule has 126 valence electrons. The molecule has 1 aromatic rings. The Kier molecular flexibility index (Phi) is 6.59. The van der Waals surface area contributed by atoms with Gasteiger partial charge in [-0.3, -0.25) is 9.59 Å². The normalized spacial score (nSPS) is 18.5. The van der Waals surface area contributed by atoms with Crippen molar-refractivity contribution in [3.05, 3.63) is 34.3 Å². The minimum Gasteiger partial charge on any atom is -0.469 e. The van der Waals surface area contributed by atoms with E-state index in [9.17, 15) is 9.59 Å². The van der Waals surface area contributed by atoms with Crippen LogP contribution in [0, 0.1) is 5.92 Å². The van der Waals surface area contributed by atoms with Gasteiger partial charge in [-0.25, -0.2) is 0 Å². The highest BCUT2D eigenvalue weighted by molar-refractivity contribution is 9.10. The Balaban J connectivity index is 2.13. The van der Waals surface area contributed by atoms with Crippen molar-refractivity contribution < 1.29 is 19.1 Å². The number of rotatable bonds is 6. The molecule has 0 saturated carbocycles. The minimum atomic E-state index is -0.377. The van der Waals surface area contributed by atoms with Gasteiger partial charge in [-0.15, -0.1) is 0 Å². The van der Waals surface area contributed by atoms with E-state index in [1.807, 2.05) is 12.1 Å². The summed E-state index contributed by atoms with van der Waals surface area (Å²) in [6.07, 6.45) is 1.99. The van der Waals surface area contributed by atoms with E-state index in [1.54, 1.807) is 24.0 Å². The van der Waals surface area contributed by atoms with Gasteiger partial charge in [0, 0.05) is 29.7 Å². The summed E-state index contributed by atoms with van der Waals surface area (Å²) >= 11 is 3.38. The van der Waals surface area contributed by atoms with Crippen molar-refractivity contribution in [1.82, 2.24) is 4.90 Å². The first-order valence-electron chi connectivity index (χ1n) is 7.75. The minimum absolute atomic E-state index is 0.0379. The lowest BCUT2D eigenvalue weighted by Crippen LogP contribution is -2.41. The summed E-state index contributed by atoms with van der Waals surface area (Å²) in [7, 11) is 1.36. The first-order valence-corrected chi connectivity index (χ1v) is 8.55. The first-order chi connectivity index (χ1) is 11.0. The second-order valence-corrected chi connectivity index (χ2v) is 6.70. The maximum atomic E-state index is 12.8. The molecule has 1 aliphatic heterocycles. The molecule has 1 amide bonds. The average Bonchev–Trinajstić information content (AvgIpc) is 3.05. The van der Waals surface area contributed by atoms with Crippen LogP contribution in [0.25, 0.3) is 0 Å². The second-order valence-electron chi connectivity index (χ2n) is 5.78. The molecule has 0 N–H and O–H groups in total. The molecular formula is C17H22BrNO4. The van der Waals surface area contributed by atoms with Crippen LogP contribution in [0.5, 0.6) is 0 Å². The second kappa shape index (κ2) is 8.45. The molecule has 0 aliphatic carbocycles. The molecule has 2 atom stereocenters. The zero-order valence-electron chi connectivity index (χ0n) is 13.5. The van der Waals surface area contributed by atoms with Crippen molar-refractivity contribution in [3.63, 3.8) is 0 Å². The van der Waals surface area contributed by atoms with E-state index in [2.05, 4.69) is 15.9 Å². The molecule has 1 aromatic carbocycles. The number of methoxy groups -OCH3 is 1. The van der Waals surface area contributed by atoms with Crippen LogP contribution in [0.4, 0.5) is 0 Å². The molecule has 1 saturated heterocycles. The highest BCUT2D eigenvalue weighted by atomic mass is 79.9. The zero-order valence-corrected chi connectivity index (χ0v) is 15.0. The number of hydrogen-bond donors (Lipinski definition) is 0. The molecule has 2 rings (SSSR count). The van der Waals surface area contributed by atoms with Crippen molar-refractivity contribution in [3.8, 4) is 0 Å². The quantitative estimate of drug-likeness (QED) is 0.708. The Morgan fingerprint density at radius 3 is 2.87 bits per heavy atom. The molecule has 5 nitrogen and oxygen atoms in total. The van der Waals surface area contributed by atoms with Crippen LogP contribution >= 0.6 is 15.9 Å². The number of ether oxygens (including phenoxy) is 2. The van der Waals surface area contributed by atoms with Gasteiger partial charge >= 0.3 is 5.97 Å². The van der Waals surface area contributed by atoms with E-state index in [4.69, 9.17) is 9.47 Å². The molecule has 0 bridgehead atoms. The number of hydrogen-bond acceptors (Lipinski definition) is 4. The number of amides is 1. The van der Waals surface area contributed by atoms with Gasteiger partial charge in [-0.1, -0.05) is 28.9 Å². The van der Waals surface area contributed by atoms with Gasteiger partial charge in [0.05, 0.1) is 19.1 Å². The summed E-state index contributed by atoms with van der Waals surface area (Å²) in [6, 6.07) is 7.26. The maximum Gasteiger partial charge on any atom is 0.310 e. The molecule has 1 fully saturated rings. The monoisotopic (exact) mass is 383 g/mol. The lowest BCUT2D eigenvalue weighted by molar-refractivity contribution is -0.145. The Bertz CT molecular complexity index is 557. The van der Waals surface area contributed by atoms with E-state index in [1.165, 1.54) is 7.11 Å². The summed E-state index contributed by atoms with van der Waals surface area (Å²) in [5.74, 6) is -0.792. The fourth-order valence-electron chi connectivity index (χ4n) is 2.68. The van der Waals surface area contributed by atoms with Crippen LogP contribution in [0.15, 0.2) is 28.7 Å². The molecule has 1 heterocycles. The number of benzene rings is 1. The molecule has 0 aromatic heterocycles. The van der Waals surface area contributed by atoms with Crippen LogP contribution in [-0.2, 0) is 14.3 Å². The van der Waals surface area contributed by atoms with Crippen LogP contribution in [-0.4, -0.2) is 49.7 Å². The smallest absolute Gasteiger partial charge is 0.310 e. The predicted molar refractivity (Wildman–Crippen MR) is 90.2 cm³/mol. The van der Waals surface area contributed by atoms with Crippen molar-refractivity contribution in [2.75, 3.05) is 26.8 Å². The number of nitrogens with zero attached hydrogens (tertiary/aromatic N) is 1. The zero-order chi connectivity index (χ0) is 16.8. The molecule has 0 spiro atoms. The fourth-order valence-corrected chi connectivity index (χ4v) is 3.08. The first kappa shape index (κ1) is 17.9. The Morgan fingerprint density at radius 2 is 2.26 bits per heavy atom. The Hall–Kier alpha value is -1.40. The Morgan fingerprint density at radius 1 is 1.48 bits per heavy atom. The number of carbonyl (C=O) groups is 2. The van der Waals surface area contributed by atoms with Gasteiger partial charge < -0.3 is 14.4 Å². The third-order valence-corrected chi connectivity index (χ3v) is 4.40. The number of halogens is 1. The van der Waals surface area contributed by atoms with Gasteiger partial charge in [0.15, 0.2) is 0 Å². The van der Waals surface area contributed by atoms with Gasteiger partial charge in [0.25, 0.3) is 5.91 Å². The molecule has 6 heteroatoms. The highest BCUT2D eigenvalue weighted by Gasteiger charge is 2.27. The van der Waals surface area contributed by atoms with E-state index in [-0.39, 0.29) is 23.9 Å². The van der Waals surface area contributed by atoms with Crippen molar-refractivity contribution in [1.29, 1.82) is 0 Å². The summed E-state index contributed by atoms with van der Waals surface area (Å²) in [6.45, 7) is 3.31. The van der Waals surface area contributed by atoms with Crippen molar-refractivity contribution in [2.24, 2.45) is 5.92 Å². The molecule has 0 radical (unpaired) electrons. The van der Waals surface area contributed by atoms with Gasteiger partial charge in [-0.2, -0.15) is 0 Å². The number of carbonyl (C=O) groups excluding carboxylic acids is 2. The topological polar surface area (TPSA) is 55.8 Å². The SMILES string of the molecule is COC(=O)C(C)CN(CC1CCCO1)C(=O)c1cccc(Br)c1. The Labute approximate surface area is 145 Å². The summed E-state index contributed by atoms with van der Waals surface area (Å²) in [4.78, 5) is 26.2.